The number of carbonyl (C=O) groups excluding carboxylic acids is 2. The van der Waals surface area contributed by atoms with Crippen LogP contribution in [0.2, 0.25) is 5.02 Å². The van der Waals surface area contributed by atoms with Crippen LogP contribution in [0.5, 0.6) is 0 Å². The minimum Gasteiger partial charge on any atom is -0.465 e. The standard InChI is InChI=1S/C11H13ClN2O4/c1-3-17-10(15)8(11(16)18-4-2)9-7(12)5-13-6-14-9/h5-6,8H,3-4H2,1-2H3. The lowest BCUT2D eigenvalue weighted by Crippen LogP contribution is -2.27. The molecule has 0 amide bonds. The van der Waals surface area contributed by atoms with E-state index in [0.717, 1.165) is 0 Å². The summed E-state index contributed by atoms with van der Waals surface area (Å²) in [5, 5.41) is 0.114. The molecule has 0 radical (unpaired) electrons. The van der Waals surface area contributed by atoms with E-state index < -0.39 is 17.9 Å². The van der Waals surface area contributed by atoms with E-state index in [9.17, 15) is 9.59 Å². The first-order chi connectivity index (χ1) is 8.61. The molecule has 0 aliphatic carbocycles. The van der Waals surface area contributed by atoms with E-state index in [1.807, 2.05) is 0 Å². The van der Waals surface area contributed by atoms with Gasteiger partial charge in [-0.05, 0) is 13.8 Å². The van der Waals surface area contributed by atoms with Crippen molar-refractivity contribution >= 4 is 23.5 Å². The lowest BCUT2D eigenvalue weighted by atomic mass is 10.1. The predicted molar refractivity (Wildman–Crippen MR) is 63.0 cm³/mol. The zero-order valence-electron chi connectivity index (χ0n) is 10.1. The fourth-order valence-corrected chi connectivity index (χ4v) is 1.52. The number of carbonyl (C=O) groups is 2. The number of rotatable bonds is 5. The molecule has 18 heavy (non-hydrogen) atoms. The number of hydrogen-bond donors (Lipinski definition) is 0. The number of ether oxygens (including phenoxy) is 2. The average molecular weight is 273 g/mol. The second-order valence-corrected chi connectivity index (χ2v) is 3.60. The third-order valence-corrected chi connectivity index (χ3v) is 2.31. The van der Waals surface area contributed by atoms with Gasteiger partial charge in [0.1, 0.15) is 6.33 Å². The van der Waals surface area contributed by atoms with Gasteiger partial charge < -0.3 is 9.47 Å². The molecule has 1 rings (SSSR count). The van der Waals surface area contributed by atoms with Crippen molar-refractivity contribution in [2.75, 3.05) is 13.2 Å². The zero-order valence-corrected chi connectivity index (χ0v) is 10.8. The summed E-state index contributed by atoms with van der Waals surface area (Å²) in [6, 6.07) is 0. The molecular weight excluding hydrogens is 260 g/mol. The molecule has 0 aliphatic rings. The van der Waals surface area contributed by atoms with E-state index in [1.165, 1.54) is 12.5 Å². The lowest BCUT2D eigenvalue weighted by molar-refractivity contribution is -0.157. The molecule has 0 N–H and O–H groups in total. The van der Waals surface area contributed by atoms with Crippen molar-refractivity contribution in [2.45, 2.75) is 19.8 Å². The van der Waals surface area contributed by atoms with Crippen LogP contribution in [0.1, 0.15) is 25.5 Å². The minimum absolute atomic E-state index is 0.0866. The maximum absolute atomic E-state index is 11.8. The topological polar surface area (TPSA) is 78.4 Å². The highest BCUT2D eigenvalue weighted by atomic mass is 35.5. The molecule has 6 nitrogen and oxygen atoms in total. The lowest BCUT2D eigenvalue weighted by Gasteiger charge is -2.14. The van der Waals surface area contributed by atoms with Gasteiger partial charge >= 0.3 is 11.9 Å². The Hall–Kier alpha value is -1.69. The molecule has 1 aromatic rings. The highest BCUT2D eigenvalue weighted by Crippen LogP contribution is 2.24. The SMILES string of the molecule is CCOC(=O)C(C(=O)OCC)c1ncncc1Cl. The van der Waals surface area contributed by atoms with Crippen LogP contribution >= 0.6 is 11.6 Å². The maximum atomic E-state index is 11.8. The van der Waals surface area contributed by atoms with Crippen LogP contribution in [0.25, 0.3) is 0 Å². The highest BCUT2D eigenvalue weighted by molar-refractivity contribution is 6.31. The molecule has 98 valence electrons. The van der Waals surface area contributed by atoms with Gasteiger partial charge in [0.25, 0.3) is 0 Å². The van der Waals surface area contributed by atoms with Crippen LogP contribution in [0.15, 0.2) is 12.5 Å². The van der Waals surface area contributed by atoms with E-state index in [0.29, 0.717) is 0 Å². The number of hydrogen-bond acceptors (Lipinski definition) is 6. The summed E-state index contributed by atoms with van der Waals surface area (Å²) in [6.07, 6.45) is 2.50. The molecule has 0 aromatic carbocycles. The summed E-state index contributed by atoms with van der Waals surface area (Å²) < 4.78 is 9.64. The first-order valence-electron chi connectivity index (χ1n) is 5.40. The second-order valence-electron chi connectivity index (χ2n) is 3.19. The third kappa shape index (κ3) is 3.40. The number of esters is 2. The van der Waals surface area contributed by atoms with Gasteiger partial charge in [0.2, 0.25) is 0 Å². The minimum atomic E-state index is -1.28. The maximum Gasteiger partial charge on any atom is 0.326 e. The molecule has 1 aromatic heterocycles. The van der Waals surface area contributed by atoms with Crippen molar-refractivity contribution in [1.82, 2.24) is 9.97 Å². The molecule has 1 heterocycles. The second kappa shape index (κ2) is 6.90. The Labute approximate surface area is 109 Å². The quantitative estimate of drug-likeness (QED) is 0.594. The van der Waals surface area contributed by atoms with Gasteiger partial charge in [0.15, 0.2) is 5.92 Å². The van der Waals surface area contributed by atoms with Crippen molar-refractivity contribution < 1.29 is 19.1 Å². The van der Waals surface area contributed by atoms with Gasteiger partial charge in [0, 0.05) is 6.20 Å². The van der Waals surface area contributed by atoms with Crippen LogP contribution in [-0.4, -0.2) is 35.1 Å². The van der Waals surface area contributed by atoms with Crippen molar-refractivity contribution in [3.05, 3.63) is 23.2 Å². The Balaban J connectivity index is 3.08. The Morgan fingerprint density at radius 1 is 1.28 bits per heavy atom. The normalized spacial score (nSPS) is 10.2. The summed E-state index contributed by atoms with van der Waals surface area (Å²) in [5.41, 5.74) is 0.0866. The highest BCUT2D eigenvalue weighted by Gasteiger charge is 2.34. The molecule has 0 bridgehead atoms. The van der Waals surface area contributed by atoms with E-state index in [-0.39, 0.29) is 23.9 Å². The Kier molecular flexibility index (Phi) is 5.51. The molecule has 0 saturated heterocycles. The number of aromatic nitrogens is 2. The van der Waals surface area contributed by atoms with E-state index in [2.05, 4.69) is 9.97 Å². The van der Waals surface area contributed by atoms with Crippen LogP contribution < -0.4 is 0 Å². The molecule has 7 heteroatoms. The largest absolute Gasteiger partial charge is 0.465 e. The fraction of sp³-hybridized carbons (Fsp3) is 0.455. The van der Waals surface area contributed by atoms with E-state index in [1.54, 1.807) is 13.8 Å². The van der Waals surface area contributed by atoms with Crippen molar-refractivity contribution in [3.8, 4) is 0 Å². The monoisotopic (exact) mass is 272 g/mol. The average Bonchev–Trinajstić information content (AvgIpc) is 2.33. The fourth-order valence-electron chi connectivity index (χ4n) is 1.31. The van der Waals surface area contributed by atoms with Crippen molar-refractivity contribution in [3.63, 3.8) is 0 Å². The molecule has 0 spiro atoms. The summed E-state index contributed by atoms with van der Waals surface area (Å²) in [4.78, 5) is 31.1. The molecule has 0 unspecified atom stereocenters. The van der Waals surface area contributed by atoms with Gasteiger partial charge in [-0.1, -0.05) is 11.6 Å². The van der Waals surface area contributed by atoms with E-state index in [4.69, 9.17) is 21.1 Å². The summed E-state index contributed by atoms with van der Waals surface area (Å²) in [6.45, 7) is 3.58. The smallest absolute Gasteiger partial charge is 0.326 e. The van der Waals surface area contributed by atoms with Gasteiger partial charge in [-0.15, -0.1) is 0 Å². The Morgan fingerprint density at radius 3 is 2.28 bits per heavy atom. The summed E-state index contributed by atoms with van der Waals surface area (Å²) in [5.74, 6) is -2.76. The molecule has 0 fully saturated rings. The van der Waals surface area contributed by atoms with Gasteiger partial charge in [-0.25, -0.2) is 9.97 Å². The number of halogens is 1. The summed E-state index contributed by atoms with van der Waals surface area (Å²) in [7, 11) is 0. The predicted octanol–water partition coefficient (Wildman–Crippen LogP) is 1.34. The zero-order chi connectivity index (χ0) is 13.5. The van der Waals surface area contributed by atoms with Gasteiger partial charge in [-0.3, -0.25) is 9.59 Å². The van der Waals surface area contributed by atoms with Crippen molar-refractivity contribution in [2.24, 2.45) is 0 Å². The Morgan fingerprint density at radius 2 is 1.83 bits per heavy atom. The molecule has 0 aliphatic heterocycles. The first kappa shape index (κ1) is 14.4. The Bertz CT molecular complexity index is 421. The molecular formula is C11H13ClN2O4. The van der Waals surface area contributed by atoms with Crippen molar-refractivity contribution in [1.29, 1.82) is 0 Å². The van der Waals surface area contributed by atoms with Crippen LogP contribution in [-0.2, 0) is 19.1 Å². The molecule has 0 atom stereocenters. The summed E-state index contributed by atoms with van der Waals surface area (Å²) >= 11 is 5.87. The molecule has 0 saturated carbocycles. The first-order valence-corrected chi connectivity index (χ1v) is 5.78. The number of nitrogens with zero attached hydrogens (tertiary/aromatic N) is 2. The van der Waals surface area contributed by atoms with Gasteiger partial charge in [-0.2, -0.15) is 0 Å². The van der Waals surface area contributed by atoms with Crippen LogP contribution in [0, 0.1) is 0 Å². The van der Waals surface area contributed by atoms with Gasteiger partial charge in [0.05, 0.1) is 23.9 Å². The van der Waals surface area contributed by atoms with E-state index >= 15 is 0 Å². The van der Waals surface area contributed by atoms with Crippen LogP contribution in [0.3, 0.4) is 0 Å². The third-order valence-electron chi connectivity index (χ3n) is 2.01. The van der Waals surface area contributed by atoms with Crippen LogP contribution in [0.4, 0.5) is 0 Å².